The summed E-state index contributed by atoms with van der Waals surface area (Å²) < 4.78 is 0. The molecule has 1 heterocycles. The van der Waals surface area contributed by atoms with Gasteiger partial charge in [-0.15, -0.1) is 0 Å². The maximum absolute atomic E-state index is 5.69. The molecule has 4 nitrogen and oxygen atoms in total. The Hall–Kier alpha value is -1.32. The van der Waals surface area contributed by atoms with Crippen molar-refractivity contribution in [2.24, 2.45) is 0 Å². The second-order valence-corrected chi connectivity index (χ2v) is 2.77. The van der Waals surface area contributed by atoms with Crippen molar-refractivity contribution in [3.05, 3.63) is 11.5 Å². The van der Waals surface area contributed by atoms with Crippen LogP contribution in [0.2, 0.25) is 0 Å². The number of aromatic nitrogens is 2. The molecular weight excluding hydrogens is 152 g/mol. The number of aryl methyl sites for hydroxylation is 2. The van der Waals surface area contributed by atoms with Gasteiger partial charge in [0.05, 0.1) is 11.4 Å². The standard InChI is InChI=1S/C8H14N4/c1-3-4-6-7(9)8(10)12-5(2)11-6/h3-4,9H2,1-2H3,(H2,10,11,12). The third-order valence-electron chi connectivity index (χ3n) is 1.65. The molecule has 12 heavy (non-hydrogen) atoms. The molecule has 0 aliphatic heterocycles. The van der Waals surface area contributed by atoms with Crippen molar-refractivity contribution in [1.82, 2.24) is 9.97 Å². The highest BCUT2D eigenvalue weighted by Gasteiger charge is 2.05. The molecule has 0 aliphatic rings. The highest BCUT2D eigenvalue weighted by atomic mass is 15.0. The van der Waals surface area contributed by atoms with Gasteiger partial charge < -0.3 is 11.5 Å². The van der Waals surface area contributed by atoms with E-state index in [-0.39, 0.29) is 0 Å². The first kappa shape index (κ1) is 8.77. The minimum Gasteiger partial charge on any atom is -0.394 e. The van der Waals surface area contributed by atoms with Crippen molar-refractivity contribution >= 4 is 11.5 Å². The van der Waals surface area contributed by atoms with Gasteiger partial charge in [0.25, 0.3) is 0 Å². The molecule has 0 amide bonds. The lowest BCUT2D eigenvalue weighted by atomic mass is 10.2. The van der Waals surface area contributed by atoms with Gasteiger partial charge in [-0.3, -0.25) is 0 Å². The van der Waals surface area contributed by atoms with Crippen LogP contribution in [0, 0.1) is 6.92 Å². The van der Waals surface area contributed by atoms with E-state index in [2.05, 4.69) is 16.9 Å². The quantitative estimate of drug-likeness (QED) is 0.684. The first-order valence-electron chi connectivity index (χ1n) is 4.03. The first-order valence-corrected chi connectivity index (χ1v) is 4.03. The van der Waals surface area contributed by atoms with Crippen LogP contribution in [0.5, 0.6) is 0 Å². The van der Waals surface area contributed by atoms with E-state index < -0.39 is 0 Å². The van der Waals surface area contributed by atoms with Crippen molar-refractivity contribution in [1.29, 1.82) is 0 Å². The van der Waals surface area contributed by atoms with Crippen molar-refractivity contribution in [3.8, 4) is 0 Å². The van der Waals surface area contributed by atoms with Crippen LogP contribution >= 0.6 is 0 Å². The van der Waals surface area contributed by atoms with Crippen LogP contribution in [-0.4, -0.2) is 9.97 Å². The molecule has 4 heteroatoms. The van der Waals surface area contributed by atoms with Crippen LogP contribution in [0.1, 0.15) is 24.9 Å². The lowest BCUT2D eigenvalue weighted by molar-refractivity contribution is 0.863. The molecule has 0 saturated carbocycles. The molecule has 0 radical (unpaired) electrons. The SMILES string of the molecule is CCCc1nc(C)nc(N)c1N. The van der Waals surface area contributed by atoms with E-state index >= 15 is 0 Å². The lowest BCUT2D eigenvalue weighted by Crippen LogP contribution is -2.06. The summed E-state index contributed by atoms with van der Waals surface area (Å²) >= 11 is 0. The molecular formula is C8H14N4. The summed E-state index contributed by atoms with van der Waals surface area (Å²) in [6, 6.07) is 0. The number of anilines is 2. The maximum atomic E-state index is 5.69. The van der Waals surface area contributed by atoms with Gasteiger partial charge in [0.15, 0.2) is 5.82 Å². The zero-order valence-electron chi connectivity index (χ0n) is 7.46. The fourth-order valence-electron chi connectivity index (χ4n) is 1.09. The Morgan fingerprint density at radius 2 is 1.92 bits per heavy atom. The number of hydrogen-bond donors (Lipinski definition) is 2. The third-order valence-corrected chi connectivity index (χ3v) is 1.65. The second-order valence-electron chi connectivity index (χ2n) is 2.77. The molecule has 4 N–H and O–H groups in total. The van der Waals surface area contributed by atoms with Crippen LogP contribution in [0.15, 0.2) is 0 Å². The number of rotatable bonds is 2. The van der Waals surface area contributed by atoms with E-state index in [0.717, 1.165) is 18.5 Å². The lowest BCUT2D eigenvalue weighted by Gasteiger charge is -2.06. The minimum absolute atomic E-state index is 0.394. The van der Waals surface area contributed by atoms with Crippen LogP contribution in [0.4, 0.5) is 11.5 Å². The monoisotopic (exact) mass is 166 g/mol. The summed E-state index contributed by atoms with van der Waals surface area (Å²) in [5, 5.41) is 0. The van der Waals surface area contributed by atoms with Crippen LogP contribution in [-0.2, 0) is 6.42 Å². The molecule has 66 valence electrons. The molecule has 0 aliphatic carbocycles. The summed E-state index contributed by atoms with van der Waals surface area (Å²) in [7, 11) is 0. The van der Waals surface area contributed by atoms with Gasteiger partial charge >= 0.3 is 0 Å². The van der Waals surface area contributed by atoms with E-state index in [1.807, 2.05) is 6.92 Å². The average molecular weight is 166 g/mol. The van der Waals surface area contributed by atoms with Crippen molar-refractivity contribution in [3.63, 3.8) is 0 Å². The van der Waals surface area contributed by atoms with Gasteiger partial charge in [0.2, 0.25) is 0 Å². The Morgan fingerprint density at radius 1 is 1.25 bits per heavy atom. The topological polar surface area (TPSA) is 77.8 Å². The third kappa shape index (κ3) is 1.64. The fraction of sp³-hybridized carbons (Fsp3) is 0.500. The molecule has 1 aromatic heterocycles. The van der Waals surface area contributed by atoms with Gasteiger partial charge in [0, 0.05) is 0 Å². The van der Waals surface area contributed by atoms with E-state index in [1.54, 1.807) is 0 Å². The highest BCUT2D eigenvalue weighted by molar-refractivity contribution is 5.60. The first-order chi connectivity index (χ1) is 5.65. The maximum Gasteiger partial charge on any atom is 0.150 e. The number of nitrogen functional groups attached to an aromatic ring is 2. The Kier molecular flexibility index (Phi) is 2.47. The van der Waals surface area contributed by atoms with Crippen LogP contribution in [0.3, 0.4) is 0 Å². The highest BCUT2D eigenvalue weighted by Crippen LogP contribution is 2.16. The summed E-state index contributed by atoms with van der Waals surface area (Å²) in [6.45, 7) is 3.89. The van der Waals surface area contributed by atoms with E-state index in [4.69, 9.17) is 11.5 Å². The molecule has 0 fully saturated rings. The summed E-state index contributed by atoms with van der Waals surface area (Å²) in [5.74, 6) is 1.08. The van der Waals surface area contributed by atoms with Crippen LogP contribution < -0.4 is 11.5 Å². The van der Waals surface area contributed by atoms with Crippen LogP contribution in [0.25, 0.3) is 0 Å². The Morgan fingerprint density at radius 3 is 2.50 bits per heavy atom. The smallest absolute Gasteiger partial charge is 0.150 e. The van der Waals surface area contributed by atoms with Gasteiger partial charge in [0.1, 0.15) is 5.82 Å². The summed E-state index contributed by atoms with van der Waals surface area (Å²) in [6.07, 6.45) is 1.87. The van der Waals surface area contributed by atoms with E-state index in [9.17, 15) is 0 Å². The zero-order chi connectivity index (χ0) is 9.14. The number of nitrogens with zero attached hydrogens (tertiary/aromatic N) is 2. The Labute approximate surface area is 72.0 Å². The summed E-state index contributed by atoms with van der Waals surface area (Å²) in [5.41, 5.74) is 12.7. The fourth-order valence-corrected chi connectivity index (χ4v) is 1.09. The average Bonchev–Trinajstić information content (AvgIpc) is 2.00. The van der Waals surface area contributed by atoms with Gasteiger partial charge in [-0.05, 0) is 13.3 Å². The van der Waals surface area contributed by atoms with Gasteiger partial charge in [-0.25, -0.2) is 9.97 Å². The molecule has 0 unspecified atom stereocenters. The predicted molar refractivity (Wildman–Crippen MR) is 49.6 cm³/mol. The van der Waals surface area contributed by atoms with Gasteiger partial charge in [-0.1, -0.05) is 13.3 Å². The van der Waals surface area contributed by atoms with E-state index in [0.29, 0.717) is 17.3 Å². The Bertz CT molecular complexity index is 283. The van der Waals surface area contributed by atoms with Crippen molar-refractivity contribution in [2.75, 3.05) is 11.5 Å². The predicted octanol–water partition coefficient (Wildman–Crippen LogP) is 0.902. The molecule has 0 atom stereocenters. The molecule has 0 spiro atoms. The molecule has 0 saturated heterocycles. The normalized spacial score (nSPS) is 10.2. The molecule has 1 aromatic rings. The zero-order valence-corrected chi connectivity index (χ0v) is 7.46. The molecule has 0 bridgehead atoms. The Balaban J connectivity index is 3.09. The second kappa shape index (κ2) is 3.38. The summed E-state index contributed by atoms with van der Waals surface area (Å²) in [4.78, 5) is 8.16. The molecule has 0 aromatic carbocycles. The van der Waals surface area contributed by atoms with Gasteiger partial charge in [-0.2, -0.15) is 0 Å². The minimum atomic E-state index is 0.394. The largest absolute Gasteiger partial charge is 0.394 e. The molecule has 1 rings (SSSR count). The van der Waals surface area contributed by atoms with Crippen molar-refractivity contribution in [2.45, 2.75) is 26.7 Å². The number of nitrogens with two attached hydrogens (primary N) is 2. The van der Waals surface area contributed by atoms with E-state index in [1.165, 1.54) is 0 Å². The number of hydrogen-bond acceptors (Lipinski definition) is 4. The van der Waals surface area contributed by atoms with Crippen molar-refractivity contribution < 1.29 is 0 Å².